The number of carbonyl (C=O) groups is 1. The Morgan fingerprint density at radius 2 is 1.67 bits per heavy atom. The number of hydrogen-bond donors (Lipinski definition) is 0. The van der Waals surface area contributed by atoms with Crippen molar-refractivity contribution in [3.05, 3.63) is 106 Å². The van der Waals surface area contributed by atoms with E-state index in [-0.39, 0.29) is 16.7 Å². The molecule has 0 aliphatic carbocycles. The number of Topliss-reactive ketones (excluding diaryl/α,β-unsaturated/α-hetero) is 1. The molecule has 0 aromatic heterocycles. The summed E-state index contributed by atoms with van der Waals surface area (Å²) in [7, 11) is 0. The van der Waals surface area contributed by atoms with Crippen LogP contribution < -0.4 is 5.01 Å². The zero-order valence-corrected chi connectivity index (χ0v) is 19.6. The highest BCUT2D eigenvalue weighted by molar-refractivity contribution is 8.63. The van der Waals surface area contributed by atoms with Crippen molar-refractivity contribution in [1.29, 1.82) is 0 Å². The van der Waals surface area contributed by atoms with Gasteiger partial charge >= 0.3 is 0 Å². The van der Waals surface area contributed by atoms with Crippen LogP contribution in [0.2, 0.25) is 0 Å². The van der Waals surface area contributed by atoms with E-state index in [0.717, 1.165) is 11.3 Å². The van der Waals surface area contributed by atoms with Gasteiger partial charge in [0.15, 0.2) is 11.8 Å². The number of rotatable bonds is 7. The molecule has 3 aromatic rings. The molecule has 0 saturated carbocycles. The van der Waals surface area contributed by atoms with Gasteiger partial charge in [-0.3, -0.25) is 19.9 Å². The first-order valence-electron chi connectivity index (χ1n) is 10.4. The Bertz CT molecular complexity index is 1230. The molecule has 9 heteroatoms. The first-order chi connectivity index (χ1) is 15.9. The molecule has 1 aliphatic rings. The molecule has 0 radical (unpaired) electrons. The summed E-state index contributed by atoms with van der Waals surface area (Å²) in [4.78, 5) is 24.1. The fraction of sp³-hybridized carbons (Fsp3) is 0.167. The number of carbonyl (C=O) groups excluding carboxylic acids is 1. The number of para-hydroxylation sites is 1. The summed E-state index contributed by atoms with van der Waals surface area (Å²) >= 11 is 1.26. The Balaban J connectivity index is 1.85. The summed E-state index contributed by atoms with van der Waals surface area (Å²) in [6.45, 7) is 2.28. The monoisotopic (exact) mass is 479 g/mol. The lowest BCUT2D eigenvalue weighted by Gasteiger charge is -2.36. The third kappa shape index (κ3) is 4.63. The van der Waals surface area contributed by atoms with Crippen LogP contribution >= 0.6 is 17.7 Å². The van der Waals surface area contributed by atoms with Gasteiger partial charge in [0.1, 0.15) is 0 Å². The number of ketones is 1. The Morgan fingerprint density at radius 1 is 1.06 bits per heavy atom. The van der Waals surface area contributed by atoms with Crippen molar-refractivity contribution in [2.24, 2.45) is 5.10 Å². The van der Waals surface area contributed by atoms with Gasteiger partial charge < -0.3 is 4.57 Å². The summed E-state index contributed by atoms with van der Waals surface area (Å²) in [5.41, 5.74) is 1.35. The van der Waals surface area contributed by atoms with Crippen LogP contribution in [-0.4, -0.2) is 28.5 Å². The summed E-state index contributed by atoms with van der Waals surface area (Å²) in [5, 5.41) is 17.4. The fourth-order valence-corrected chi connectivity index (χ4v) is 9.31. The Kier molecular flexibility index (Phi) is 6.77. The lowest BCUT2D eigenvalue weighted by Crippen LogP contribution is -2.34. The predicted molar refractivity (Wildman–Crippen MR) is 134 cm³/mol. The molecule has 3 aromatic carbocycles. The molecule has 0 N–H and O–H groups in total. The Morgan fingerprint density at radius 3 is 2.24 bits per heavy atom. The normalized spacial score (nSPS) is 20.2. The smallest absolute Gasteiger partial charge is 0.269 e. The van der Waals surface area contributed by atoms with Crippen LogP contribution in [0.5, 0.6) is 0 Å². The van der Waals surface area contributed by atoms with E-state index >= 15 is 0 Å². The first-order valence-corrected chi connectivity index (χ1v) is 13.8. The highest BCUT2D eigenvalue weighted by atomic mass is 32.7. The van der Waals surface area contributed by atoms with E-state index in [9.17, 15) is 19.5 Å². The SMILES string of the molecule is CCSP1(=O)C(C(=O)c2ccc([N+](=O)[O-])cc2)=NN(c2ccccc2)CC1c1ccccc1. The van der Waals surface area contributed by atoms with E-state index in [4.69, 9.17) is 0 Å². The lowest BCUT2D eigenvalue weighted by molar-refractivity contribution is -0.384. The van der Waals surface area contributed by atoms with Gasteiger partial charge in [-0.05, 0) is 35.6 Å². The van der Waals surface area contributed by atoms with Gasteiger partial charge in [-0.15, -0.1) is 0 Å². The van der Waals surface area contributed by atoms with E-state index in [0.29, 0.717) is 12.3 Å². The molecule has 2 unspecified atom stereocenters. The van der Waals surface area contributed by atoms with Crippen molar-refractivity contribution in [2.75, 3.05) is 17.3 Å². The molecule has 0 saturated heterocycles. The van der Waals surface area contributed by atoms with Gasteiger partial charge in [-0.25, -0.2) is 0 Å². The average molecular weight is 479 g/mol. The predicted octanol–water partition coefficient (Wildman–Crippen LogP) is 6.38. The topological polar surface area (TPSA) is 92.9 Å². The molecule has 0 fully saturated rings. The molecule has 1 heterocycles. The highest BCUT2D eigenvalue weighted by Gasteiger charge is 2.47. The van der Waals surface area contributed by atoms with Crippen LogP contribution in [0.3, 0.4) is 0 Å². The minimum absolute atomic E-state index is 0.00663. The van der Waals surface area contributed by atoms with Gasteiger partial charge in [0.2, 0.25) is 5.78 Å². The van der Waals surface area contributed by atoms with E-state index in [1.807, 2.05) is 67.6 Å². The van der Waals surface area contributed by atoms with Gasteiger partial charge in [-0.1, -0.05) is 66.8 Å². The minimum atomic E-state index is -3.32. The van der Waals surface area contributed by atoms with Crippen LogP contribution in [0.1, 0.15) is 28.5 Å². The fourth-order valence-electron chi connectivity index (χ4n) is 3.77. The second kappa shape index (κ2) is 9.73. The van der Waals surface area contributed by atoms with Gasteiger partial charge in [0, 0.05) is 17.7 Å². The maximum Gasteiger partial charge on any atom is 0.269 e. The summed E-state index contributed by atoms with van der Waals surface area (Å²) in [6, 6.07) is 24.3. The van der Waals surface area contributed by atoms with E-state index < -0.39 is 22.7 Å². The molecule has 0 amide bonds. The molecule has 2 atom stereocenters. The summed E-state index contributed by atoms with van der Waals surface area (Å²) < 4.78 is 14.5. The van der Waals surface area contributed by atoms with E-state index in [1.54, 1.807) is 5.01 Å². The molecule has 4 rings (SSSR count). The summed E-state index contributed by atoms with van der Waals surface area (Å²) in [5.74, 6) is 0.0779. The lowest BCUT2D eigenvalue weighted by atomic mass is 10.1. The largest absolute Gasteiger partial charge is 0.305 e. The number of hydrazone groups is 1. The first kappa shape index (κ1) is 23.0. The van der Waals surface area contributed by atoms with Crippen molar-refractivity contribution >= 4 is 40.3 Å². The van der Waals surface area contributed by atoms with Gasteiger partial charge in [-0.2, -0.15) is 5.10 Å². The van der Waals surface area contributed by atoms with Crippen molar-refractivity contribution in [2.45, 2.75) is 12.6 Å². The van der Waals surface area contributed by atoms with Gasteiger partial charge in [0.05, 0.1) is 22.8 Å². The quantitative estimate of drug-likeness (QED) is 0.169. The minimum Gasteiger partial charge on any atom is -0.305 e. The molecule has 7 nitrogen and oxygen atoms in total. The van der Waals surface area contributed by atoms with Crippen molar-refractivity contribution in [3.63, 3.8) is 0 Å². The number of nitrogens with zero attached hydrogens (tertiary/aromatic N) is 3. The molecule has 1 aliphatic heterocycles. The second-order valence-corrected chi connectivity index (χ2v) is 12.9. The van der Waals surface area contributed by atoms with Crippen LogP contribution in [-0.2, 0) is 4.57 Å². The number of non-ortho nitro benzene ring substituents is 1. The third-order valence-corrected chi connectivity index (χ3v) is 11.4. The van der Waals surface area contributed by atoms with Crippen LogP contribution in [0, 0.1) is 10.1 Å². The maximum absolute atomic E-state index is 14.5. The Hall–Kier alpha value is -3.22. The average Bonchev–Trinajstić information content (AvgIpc) is 2.85. The van der Waals surface area contributed by atoms with E-state index in [2.05, 4.69) is 5.10 Å². The van der Waals surface area contributed by atoms with Crippen LogP contribution in [0.25, 0.3) is 0 Å². The van der Waals surface area contributed by atoms with E-state index in [1.165, 1.54) is 35.6 Å². The highest BCUT2D eigenvalue weighted by Crippen LogP contribution is 2.71. The molecule has 33 heavy (non-hydrogen) atoms. The standard InChI is InChI=1S/C24H22N3O4PS/c1-2-33-32(31)22(18-9-5-3-6-10-18)17-26(20-11-7-4-8-12-20)25-24(32)23(28)19-13-15-21(16-14-19)27(29)30/h3-16,22H,2,17H2,1H3. The molecule has 168 valence electrons. The summed E-state index contributed by atoms with van der Waals surface area (Å²) in [6.07, 6.45) is -3.32. The number of nitro groups is 1. The van der Waals surface area contributed by atoms with Crippen LogP contribution in [0.4, 0.5) is 11.4 Å². The second-order valence-electron chi connectivity index (χ2n) is 7.42. The van der Waals surface area contributed by atoms with Gasteiger partial charge in [0.25, 0.3) is 5.69 Å². The van der Waals surface area contributed by atoms with Crippen molar-refractivity contribution in [1.82, 2.24) is 0 Å². The molecular weight excluding hydrogens is 457 g/mol. The Labute approximate surface area is 195 Å². The zero-order chi connectivity index (χ0) is 23.4. The van der Waals surface area contributed by atoms with Crippen molar-refractivity contribution in [3.8, 4) is 0 Å². The number of hydrogen-bond acceptors (Lipinski definition) is 7. The number of benzene rings is 3. The van der Waals surface area contributed by atoms with Crippen molar-refractivity contribution < 1.29 is 14.3 Å². The molecule has 0 bridgehead atoms. The molecular formula is C24H22N3O4PS. The van der Waals surface area contributed by atoms with Crippen LogP contribution in [0.15, 0.2) is 90.0 Å². The number of nitro benzene ring substituents is 1. The maximum atomic E-state index is 14.5. The molecule has 0 spiro atoms. The zero-order valence-electron chi connectivity index (χ0n) is 17.9. The third-order valence-electron chi connectivity index (χ3n) is 5.37. The number of anilines is 1.